The smallest absolute Gasteiger partial charge is 0.311 e. The Morgan fingerprint density at radius 1 is 1.53 bits per heavy atom. The van der Waals surface area contributed by atoms with Crippen LogP contribution >= 0.6 is 11.6 Å². The summed E-state index contributed by atoms with van der Waals surface area (Å²) in [5.74, 6) is 0.568. The van der Waals surface area contributed by atoms with E-state index < -0.39 is 0 Å². The minimum Gasteiger partial charge on any atom is -0.425 e. The van der Waals surface area contributed by atoms with Crippen LogP contribution in [0.1, 0.15) is 24.8 Å². The average Bonchev–Trinajstić information content (AvgIpc) is 2.76. The van der Waals surface area contributed by atoms with E-state index in [0.29, 0.717) is 23.1 Å². The third-order valence-electron chi connectivity index (χ3n) is 2.85. The Kier molecular flexibility index (Phi) is 3.85. The number of allylic oxidation sites excluding steroid dienone is 2. The van der Waals surface area contributed by atoms with Crippen molar-refractivity contribution in [3.05, 3.63) is 40.9 Å². The molecule has 2 rings (SSSR count). The first kappa shape index (κ1) is 12.2. The number of halogens is 1. The van der Waals surface area contributed by atoms with Gasteiger partial charge in [0, 0.05) is 0 Å². The number of rotatable bonds is 3. The maximum Gasteiger partial charge on any atom is 0.311 e. The zero-order valence-electron chi connectivity index (χ0n) is 9.78. The zero-order chi connectivity index (χ0) is 12.3. The van der Waals surface area contributed by atoms with E-state index >= 15 is 0 Å². The highest BCUT2D eigenvalue weighted by Crippen LogP contribution is 2.27. The van der Waals surface area contributed by atoms with Gasteiger partial charge in [-0.3, -0.25) is 4.79 Å². The van der Waals surface area contributed by atoms with Gasteiger partial charge in [0.25, 0.3) is 0 Å². The van der Waals surface area contributed by atoms with Crippen LogP contribution in [-0.4, -0.2) is 5.97 Å². The van der Waals surface area contributed by atoms with Gasteiger partial charge in [-0.05, 0) is 43.4 Å². The molecule has 0 saturated heterocycles. The number of aryl methyl sites for hydroxylation is 1. The van der Waals surface area contributed by atoms with Crippen LogP contribution in [0.2, 0.25) is 5.02 Å². The molecule has 1 aliphatic rings. The lowest BCUT2D eigenvalue weighted by Gasteiger charge is -2.09. The van der Waals surface area contributed by atoms with Crippen LogP contribution in [0.3, 0.4) is 0 Å². The normalized spacial score (nSPS) is 18.4. The topological polar surface area (TPSA) is 26.3 Å². The van der Waals surface area contributed by atoms with Crippen molar-refractivity contribution in [2.24, 2.45) is 5.92 Å². The van der Waals surface area contributed by atoms with E-state index in [9.17, 15) is 4.79 Å². The average molecular weight is 251 g/mol. The maximum atomic E-state index is 11.7. The summed E-state index contributed by atoms with van der Waals surface area (Å²) in [6, 6.07) is 5.42. The minimum absolute atomic E-state index is 0.214. The van der Waals surface area contributed by atoms with E-state index in [-0.39, 0.29) is 5.97 Å². The van der Waals surface area contributed by atoms with Crippen molar-refractivity contribution in [1.29, 1.82) is 0 Å². The molecule has 0 bridgehead atoms. The van der Waals surface area contributed by atoms with Gasteiger partial charge < -0.3 is 4.74 Å². The Morgan fingerprint density at radius 2 is 2.35 bits per heavy atom. The highest BCUT2D eigenvalue weighted by molar-refractivity contribution is 6.32. The Labute approximate surface area is 106 Å². The molecule has 1 atom stereocenters. The molecule has 90 valence electrons. The fraction of sp³-hybridized carbons (Fsp3) is 0.357. The Morgan fingerprint density at radius 3 is 3.06 bits per heavy atom. The van der Waals surface area contributed by atoms with E-state index in [4.69, 9.17) is 16.3 Å². The Balaban J connectivity index is 1.97. The molecular formula is C14H15ClO2. The summed E-state index contributed by atoms with van der Waals surface area (Å²) in [6.45, 7) is 1.94. The van der Waals surface area contributed by atoms with Gasteiger partial charge in [-0.15, -0.1) is 0 Å². The quantitative estimate of drug-likeness (QED) is 0.462. The van der Waals surface area contributed by atoms with E-state index in [1.807, 2.05) is 13.0 Å². The van der Waals surface area contributed by atoms with E-state index in [1.54, 1.807) is 12.1 Å². The molecule has 0 aliphatic heterocycles. The standard InChI is InChI=1S/C14H15ClO2/c1-10-6-7-12(15)13(8-10)17-14(16)9-11-4-2-3-5-11/h2,4,6-8,11H,3,5,9H2,1H3. The number of carbonyl (C=O) groups is 1. The van der Waals surface area contributed by atoms with E-state index in [0.717, 1.165) is 18.4 Å². The number of ether oxygens (including phenoxy) is 1. The van der Waals surface area contributed by atoms with Crippen LogP contribution in [0.5, 0.6) is 5.75 Å². The molecule has 0 spiro atoms. The fourth-order valence-corrected chi connectivity index (χ4v) is 2.09. The van der Waals surface area contributed by atoms with Gasteiger partial charge in [0.15, 0.2) is 0 Å². The first-order valence-corrected chi connectivity index (χ1v) is 6.16. The van der Waals surface area contributed by atoms with Gasteiger partial charge in [0.05, 0.1) is 11.4 Å². The first-order chi connectivity index (χ1) is 8.15. The third-order valence-corrected chi connectivity index (χ3v) is 3.16. The fourth-order valence-electron chi connectivity index (χ4n) is 1.93. The summed E-state index contributed by atoms with van der Waals surface area (Å²) in [4.78, 5) is 11.7. The molecule has 0 amide bonds. The Hall–Kier alpha value is -1.28. The highest BCUT2D eigenvalue weighted by atomic mass is 35.5. The molecule has 3 heteroatoms. The summed E-state index contributed by atoms with van der Waals surface area (Å²) < 4.78 is 5.28. The summed E-state index contributed by atoms with van der Waals surface area (Å²) in [6.07, 6.45) is 6.72. The molecule has 0 radical (unpaired) electrons. The largest absolute Gasteiger partial charge is 0.425 e. The van der Waals surface area contributed by atoms with Gasteiger partial charge in [0.2, 0.25) is 0 Å². The number of hydrogen-bond acceptors (Lipinski definition) is 2. The van der Waals surface area contributed by atoms with Gasteiger partial charge in [-0.2, -0.15) is 0 Å². The van der Waals surface area contributed by atoms with Crippen molar-refractivity contribution < 1.29 is 9.53 Å². The molecule has 2 nitrogen and oxygen atoms in total. The highest BCUT2D eigenvalue weighted by Gasteiger charge is 2.16. The summed E-state index contributed by atoms with van der Waals surface area (Å²) in [5, 5.41) is 0.478. The minimum atomic E-state index is -0.214. The van der Waals surface area contributed by atoms with Gasteiger partial charge in [-0.25, -0.2) is 0 Å². The predicted molar refractivity (Wildman–Crippen MR) is 68.3 cm³/mol. The first-order valence-electron chi connectivity index (χ1n) is 5.78. The second-order valence-electron chi connectivity index (χ2n) is 4.38. The molecule has 0 N–H and O–H groups in total. The second-order valence-corrected chi connectivity index (χ2v) is 4.78. The van der Waals surface area contributed by atoms with Crippen LogP contribution < -0.4 is 4.74 Å². The van der Waals surface area contributed by atoms with Crippen molar-refractivity contribution >= 4 is 17.6 Å². The van der Waals surface area contributed by atoms with Crippen LogP contribution in [0.25, 0.3) is 0 Å². The van der Waals surface area contributed by atoms with Crippen molar-refractivity contribution in [2.75, 3.05) is 0 Å². The molecule has 1 aromatic rings. The van der Waals surface area contributed by atoms with Gasteiger partial charge >= 0.3 is 5.97 Å². The van der Waals surface area contributed by atoms with Crippen LogP contribution in [0, 0.1) is 12.8 Å². The summed E-state index contributed by atoms with van der Waals surface area (Å²) >= 11 is 5.97. The third kappa shape index (κ3) is 3.34. The SMILES string of the molecule is Cc1ccc(Cl)c(OC(=O)CC2C=CCC2)c1. The summed E-state index contributed by atoms with van der Waals surface area (Å²) in [5.41, 5.74) is 1.03. The van der Waals surface area contributed by atoms with Crippen LogP contribution in [0.15, 0.2) is 30.4 Å². The molecule has 1 aliphatic carbocycles. The summed E-state index contributed by atoms with van der Waals surface area (Å²) in [7, 11) is 0. The maximum absolute atomic E-state index is 11.7. The predicted octanol–water partition coefficient (Wildman–Crippen LogP) is 3.91. The molecule has 0 aromatic heterocycles. The van der Waals surface area contributed by atoms with Crippen molar-refractivity contribution in [1.82, 2.24) is 0 Å². The van der Waals surface area contributed by atoms with E-state index in [1.165, 1.54) is 0 Å². The second kappa shape index (κ2) is 5.37. The van der Waals surface area contributed by atoms with Crippen molar-refractivity contribution in [3.8, 4) is 5.75 Å². The molecule has 1 aromatic carbocycles. The monoisotopic (exact) mass is 250 g/mol. The zero-order valence-corrected chi connectivity index (χ0v) is 10.5. The molecule has 0 saturated carbocycles. The van der Waals surface area contributed by atoms with Crippen molar-refractivity contribution in [2.45, 2.75) is 26.2 Å². The molecule has 0 heterocycles. The Bertz CT molecular complexity index is 452. The molecule has 0 fully saturated rings. The van der Waals surface area contributed by atoms with E-state index in [2.05, 4.69) is 12.2 Å². The molecule has 1 unspecified atom stereocenters. The van der Waals surface area contributed by atoms with Crippen molar-refractivity contribution in [3.63, 3.8) is 0 Å². The van der Waals surface area contributed by atoms with Crippen LogP contribution in [0.4, 0.5) is 0 Å². The molecule has 17 heavy (non-hydrogen) atoms. The lowest BCUT2D eigenvalue weighted by Crippen LogP contribution is -2.12. The number of benzene rings is 1. The number of carbonyl (C=O) groups excluding carboxylic acids is 1. The number of esters is 1. The van der Waals surface area contributed by atoms with Gasteiger partial charge in [0.1, 0.15) is 5.75 Å². The lowest BCUT2D eigenvalue weighted by molar-refractivity contribution is -0.135. The molecular weight excluding hydrogens is 236 g/mol. The van der Waals surface area contributed by atoms with Gasteiger partial charge in [-0.1, -0.05) is 29.8 Å². The lowest BCUT2D eigenvalue weighted by atomic mass is 10.1. The number of hydrogen-bond donors (Lipinski definition) is 0. The van der Waals surface area contributed by atoms with Crippen LogP contribution in [-0.2, 0) is 4.79 Å².